The van der Waals surface area contributed by atoms with Crippen LogP contribution in [0.25, 0.3) is 0 Å². The Hall–Kier alpha value is -2.36. The molecule has 0 aliphatic heterocycles. The van der Waals surface area contributed by atoms with Gasteiger partial charge in [0.1, 0.15) is 5.75 Å². The fraction of sp³-hybridized carbons (Fsp3) is 0.294. The zero-order valence-corrected chi connectivity index (χ0v) is 12.4. The first-order valence-electron chi connectivity index (χ1n) is 7.10. The summed E-state index contributed by atoms with van der Waals surface area (Å²) in [6.07, 6.45) is 2.94. The number of hydrogen-bond acceptors (Lipinski definition) is 3. The molecule has 0 saturated heterocycles. The number of aromatic nitrogens is 1. The monoisotopic (exact) mass is 284 g/mol. The number of carbonyl (C=O) groups is 1. The van der Waals surface area contributed by atoms with E-state index in [9.17, 15) is 4.79 Å². The van der Waals surface area contributed by atoms with Gasteiger partial charge in [-0.2, -0.15) is 0 Å². The lowest BCUT2D eigenvalue weighted by Crippen LogP contribution is -2.12. The van der Waals surface area contributed by atoms with Crippen molar-refractivity contribution in [2.45, 2.75) is 32.8 Å². The molecule has 1 N–H and O–H groups in total. The summed E-state index contributed by atoms with van der Waals surface area (Å²) in [6.45, 7) is 3.96. The first-order chi connectivity index (χ1) is 10.1. The normalized spacial score (nSPS) is 10.4. The minimum Gasteiger partial charge on any atom is -0.491 e. The maximum absolute atomic E-state index is 11.9. The Labute approximate surface area is 125 Å². The number of ether oxygens (including phenoxy) is 1. The molecule has 0 radical (unpaired) electrons. The van der Waals surface area contributed by atoms with Gasteiger partial charge in [-0.25, -0.2) is 0 Å². The molecular formula is C17H20N2O2. The zero-order valence-electron chi connectivity index (χ0n) is 12.4. The van der Waals surface area contributed by atoms with Gasteiger partial charge in [-0.05, 0) is 56.7 Å². The highest BCUT2D eigenvalue weighted by Crippen LogP contribution is 2.17. The summed E-state index contributed by atoms with van der Waals surface area (Å²) in [7, 11) is 0. The standard InChI is InChI=1S/C17H20N2O2/c1-13(2)21-16-9-6-15(7-10-16)19-17(20)11-8-14-5-3-4-12-18-14/h3-7,9-10,12-13H,8,11H2,1-2H3,(H,19,20). The molecule has 4 heteroatoms. The number of aryl methyl sites for hydroxylation is 1. The van der Waals surface area contributed by atoms with Crippen LogP contribution in [0.1, 0.15) is 26.0 Å². The van der Waals surface area contributed by atoms with Crippen molar-refractivity contribution >= 4 is 11.6 Å². The molecule has 1 heterocycles. The van der Waals surface area contributed by atoms with Crippen LogP contribution >= 0.6 is 0 Å². The average molecular weight is 284 g/mol. The van der Waals surface area contributed by atoms with Crippen molar-refractivity contribution in [2.75, 3.05) is 5.32 Å². The molecule has 4 nitrogen and oxygen atoms in total. The molecule has 0 atom stereocenters. The van der Waals surface area contributed by atoms with E-state index in [4.69, 9.17) is 4.74 Å². The van der Waals surface area contributed by atoms with Crippen LogP contribution in [-0.2, 0) is 11.2 Å². The lowest BCUT2D eigenvalue weighted by atomic mass is 10.2. The SMILES string of the molecule is CC(C)Oc1ccc(NC(=O)CCc2ccccn2)cc1. The van der Waals surface area contributed by atoms with E-state index in [1.807, 2.05) is 56.3 Å². The van der Waals surface area contributed by atoms with Crippen molar-refractivity contribution in [1.29, 1.82) is 0 Å². The van der Waals surface area contributed by atoms with Gasteiger partial charge in [0.25, 0.3) is 0 Å². The van der Waals surface area contributed by atoms with Crippen LogP contribution in [0.4, 0.5) is 5.69 Å². The highest BCUT2D eigenvalue weighted by Gasteiger charge is 2.04. The second-order valence-electron chi connectivity index (χ2n) is 5.06. The molecular weight excluding hydrogens is 264 g/mol. The zero-order chi connectivity index (χ0) is 15.1. The molecule has 1 aromatic carbocycles. The largest absolute Gasteiger partial charge is 0.491 e. The topological polar surface area (TPSA) is 51.2 Å². The quantitative estimate of drug-likeness (QED) is 0.884. The van der Waals surface area contributed by atoms with E-state index in [1.165, 1.54) is 0 Å². The van der Waals surface area contributed by atoms with Gasteiger partial charge in [-0.15, -0.1) is 0 Å². The molecule has 2 rings (SSSR count). The van der Waals surface area contributed by atoms with Crippen molar-refractivity contribution in [3.05, 3.63) is 54.4 Å². The van der Waals surface area contributed by atoms with E-state index >= 15 is 0 Å². The van der Waals surface area contributed by atoms with Crippen LogP contribution in [0.5, 0.6) is 5.75 Å². The fourth-order valence-corrected chi connectivity index (χ4v) is 1.90. The summed E-state index contributed by atoms with van der Waals surface area (Å²) in [5.74, 6) is 0.787. The molecule has 1 aromatic heterocycles. The van der Waals surface area contributed by atoms with Crippen LogP contribution in [0, 0.1) is 0 Å². The van der Waals surface area contributed by atoms with E-state index in [-0.39, 0.29) is 12.0 Å². The van der Waals surface area contributed by atoms with E-state index in [0.717, 1.165) is 17.1 Å². The summed E-state index contributed by atoms with van der Waals surface area (Å²) >= 11 is 0. The second kappa shape index (κ2) is 7.43. The summed E-state index contributed by atoms with van der Waals surface area (Å²) in [4.78, 5) is 16.1. The summed E-state index contributed by atoms with van der Waals surface area (Å²) in [5.41, 5.74) is 1.70. The molecule has 2 aromatic rings. The van der Waals surface area contributed by atoms with E-state index < -0.39 is 0 Å². The molecule has 0 aliphatic carbocycles. The number of hydrogen-bond donors (Lipinski definition) is 1. The van der Waals surface area contributed by atoms with Crippen LogP contribution in [0.15, 0.2) is 48.7 Å². The number of nitrogens with zero attached hydrogens (tertiary/aromatic N) is 1. The minimum absolute atomic E-state index is 0.0156. The van der Waals surface area contributed by atoms with Gasteiger partial charge in [0, 0.05) is 24.0 Å². The van der Waals surface area contributed by atoms with Crippen LogP contribution in [0.3, 0.4) is 0 Å². The Morgan fingerprint density at radius 3 is 2.57 bits per heavy atom. The Balaban J connectivity index is 1.82. The number of pyridine rings is 1. The summed E-state index contributed by atoms with van der Waals surface area (Å²) in [6, 6.07) is 13.1. The van der Waals surface area contributed by atoms with Gasteiger partial charge < -0.3 is 10.1 Å². The Kier molecular flexibility index (Phi) is 5.32. The van der Waals surface area contributed by atoms with Gasteiger partial charge in [0.2, 0.25) is 5.91 Å². The first-order valence-corrected chi connectivity index (χ1v) is 7.10. The van der Waals surface area contributed by atoms with Gasteiger partial charge >= 0.3 is 0 Å². The maximum atomic E-state index is 11.9. The molecule has 0 fully saturated rings. The summed E-state index contributed by atoms with van der Waals surface area (Å²) in [5, 5.41) is 2.87. The van der Waals surface area contributed by atoms with Crippen LogP contribution in [0.2, 0.25) is 0 Å². The predicted molar refractivity (Wildman–Crippen MR) is 83.4 cm³/mol. The maximum Gasteiger partial charge on any atom is 0.224 e. The Bertz CT molecular complexity index is 565. The molecule has 110 valence electrons. The smallest absolute Gasteiger partial charge is 0.224 e. The van der Waals surface area contributed by atoms with Crippen molar-refractivity contribution in [3.8, 4) is 5.75 Å². The number of anilines is 1. The summed E-state index contributed by atoms with van der Waals surface area (Å²) < 4.78 is 5.56. The lowest BCUT2D eigenvalue weighted by molar-refractivity contribution is -0.116. The minimum atomic E-state index is -0.0156. The third kappa shape index (κ3) is 5.26. The van der Waals surface area contributed by atoms with Gasteiger partial charge in [-0.1, -0.05) is 6.07 Å². The van der Waals surface area contributed by atoms with Gasteiger partial charge in [-0.3, -0.25) is 9.78 Å². The van der Waals surface area contributed by atoms with Crippen LogP contribution < -0.4 is 10.1 Å². The fourth-order valence-electron chi connectivity index (χ4n) is 1.90. The highest BCUT2D eigenvalue weighted by molar-refractivity contribution is 5.90. The molecule has 0 aliphatic rings. The van der Waals surface area contributed by atoms with Crippen molar-refractivity contribution < 1.29 is 9.53 Å². The predicted octanol–water partition coefficient (Wildman–Crippen LogP) is 3.44. The van der Waals surface area contributed by atoms with Crippen LogP contribution in [-0.4, -0.2) is 17.0 Å². The molecule has 0 bridgehead atoms. The van der Waals surface area contributed by atoms with Crippen molar-refractivity contribution in [1.82, 2.24) is 4.98 Å². The molecule has 0 spiro atoms. The molecule has 1 amide bonds. The Morgan fingerprint density at radius 1 is 1.19 bits per heavy atom. The number of benzene rings is 1. The number of nitrogens with one attached hydrogen (secondary N) is 1. The van der Waals surface area contributed by atoms with Crippen molar-refractivity contribution in [3.63, 3.8) is 0 Å². The number of amides is 1. The van der Waals surface area contributed by atoms with Gasteiger partial charge in [0.15, 0.2) is 0 Å². The third-order valence-electron chi connectivity index (χ3n) is 2.84. The van der Waals surface area contributed by atoms with Gasteiger partial charge in [0.05, 0.1) is 6.10 Å². The third-order valence-corrected chi connectivity index (χ3v) is 2.84. The molecule has 21 heavy (non-hydrogen) atoms. The lowest BCUT2D eigenvalue weighted by Gasteiger charge is -2.10. The molecule has 0 saturated carbocycles. The first kappa shape index (κ1) is 15.0. The van der Waals surface area contributed by atoms with E-state index in [1.54, 1.807) is 6.20 Å². The number of carbonyl (C=O) groups excluding carboxylic acids is 1. The molecule has 0 unspecified atom stereocenters. The number of rotatable bonds is 6. The van der Waals surface area contributed by atoms with E-state index in [0.29, 0.717) is 12.8 Å². The second-order valence-corrected chi connectivity index (χ2v) is 5.06. The van der Waals surface area contributed by atoms with E-state index in [2.05, 4.69) is 10.3 Å². The Morgan fingerprint density at radius 2 is 1.95 bits per heavy atom. The van der Waals surface area contributed by atoms with Crippen molar-refractivity contribution in [2.24, 2.45) is 0 Å². The average Bonchev–Trinajstić information content (AvgIpc) is 2.48. The highest BCUT2D eigenvalue weighted by atomic mass is 16.5.